The molecule has 0 fully saturated rings. The van der Waals surface area contributed by atoms with E-state index in [1.54, 1.807) is 0 Å². The molecule has 18 heavy (non-hydrogen) atoms. The Morgan fingerprint density at radius 2 is 2.11 bits per heavy atom. The van der Waals surface area contributed by atoms with Gasteiger partial charge in [-0.05, 0) is 18.2 Å². The molecular weight excluding hydrogens is 301 g/mol. The summed E-state index contributed by atoms with van der Waals surface area (Å²) >= 11 is 17.1. The van der Waals surface area contributed by atoms with Gasteiger partial charge in [0.05, 0.1) is 6.42 Å². The normalized spacial score (nSPS) is 13.8. The maximum Gasteiger partial charge on any atom is 0.304 e. The highest BCUT2D eigenvalue weighted by Gasteiger charge is 2.32. The van der Waals surface area contributed by atoms with E-state index in [0.717, 1.165) is 0 Å². The number of carbonyl (C=O) groups is 1. The van der Waals surface area contributed by atoms with Crippen molar-refractivity contribution in [3.63, 3.8) is 0 Å². The predicted octanol–water partition coefficient (Wildman–Crippen LogP) is 4.53. The maximum atomic E-state index is 13.9. The molecule has 6 heteroatoms. The van der Waals surface area contributed by atoms with Gasteiger partial charge in [-0.25, -0.2) is 4.39 Å². The predicted molar refractivity (Wildman–Crippen MR) is 70.8 cm³/mol. The number of carboxylic acid groups (broad SMARTS) is 1. The van der Waals surface area contributed by atoms with Gasteiger partial charge < -0.3 is 5.11 Å². The SMILES string of the molecule is CC(C=C(Cl)Cl)(CC(=O)O)c1c(F)cccc1Cl. The van der Waals surface area contributed by atoms with Crippen LogP contribution in [0, 0.1) is 5.82 Å². The van der Waals surface area contributed by atoms with Gasteiger partial charge in [0.25, 0.3) is 0 Å². The van der Waals surface area contributed by atoms with Crippen LogP contribution in [-0.4, -0.2) is 11.1 Å². The third kappa shape index (κ3) is 3.61. The zero-order chi connectivity index (χ0) is 13.9. The summed E-state index contributed by atoms with van der Waals surface area (Å²) in [4.78, 5) is 10.9. The van der Waals surface area contributed by atoms with Gasteiger partial charge in [-0.2, -0.15) is 0 Å². The first-order valence-electron chi connectivity index (χ1n) is 4.96. The van der Waals surface area contributed by atoms with Crippen molar-refractivity contribution in [3.8, 4) is 0 Å². The lowest BCUT2D eigenvalue weighted by Gasteiger charge is -2.26. The lowest BCUT2D eigenvalue weighted by Crippen LogP contribution is -2.25. The number of hydrogen-bond acceptors (Lipinski definition) is 1. The Kier molecular flexibility index (Phi) is 5.02. The fourth-order valence-corrected chi connectivity index (χ4v) is 2.67. The third-order valence-electron chi connectivity index (χ3n) is 2.48. The molecule has 1 atom stereocenters. The Balaban J connectivity index is 3.43. The van der Waals surface area contributed by atoms with E-state index in [-0.39, 0.29) is 21.5 Å². The van der Waals surface area contributed by atoms with Gasteiger partial charge >= 0.3 is 5.97 Å². The van der Waals surface area contributed by atoms with Crippen LogP contribution in [0.4, 0.5) is 4.39 Å². The minimum atomic E-state index is -1.22. The van der Waals surface area contributed by atoms with Crippen molar-refractivity contribution >= 4 is 40.8 Å². The van der Waals surface area contributed by atoms with Gasteiger partial charge in [-0.15, -0.1) is 0 Å². The van der Waals surface area contributed by atoms with E-state index >= 15 is 0 Å². The highest BCUT2D eigenvalue weighted by atomic mass is 35.5. The van der Waals surface area contributed by atoms with E-state index in [4.69, 9.17) is 39.9 Å². The number of rotatable bonds is 4. The van der Waals surface area contributed by atoms with Crippen LogP contribution in [0.1, 0.15) is 18.9 Å². The number of aliphatic carboxylic acids is 1. The molecule has 0 aliphatic rings. The van der Waals surface area contributed by atoms with Crippen LogP contribution >= 0.6 is 34.8 Å². The van der Waals surface area contributed by atoms with Gasteiger partial charge in [0, 0.05) is 16.0 Å². The van der Waals surface area contributed by atoms with Crippen LogP contribution in [-0.2, 0) is 10.2 Å². The van der Waals surface area contributed by atoms with Crippen LogP contribution in [0.15, 0.2) is 28.8 Å². The lowest BCUT2D eigenvalue weighted by atomic mass is 9.79. The first-order valence-corrected chi connectivity index (χ1v) is 6.10. The molecule has 0 spiro atoms. The topological polar surface area (TPSA) is 37.3 Å². The number of benzene rings is 1. The van der Waals surface area contributed by atoms with Crippen LogP contribution in [0.25, 0.3) is 0 Å². The highest BCUT2D eigenvalue weighted by molar-refractivity contribution is 6.55. The average Bonchev–Trinajstić information content (AvgIpc) is 2.13. The number of hydrogen-bond donors (Lipinski definition) is 1. The molecule has 0 saturated heterocycles. The van der Waals surface area contributed by atoms with E-state index in [1.807, 2.05) is 0 Å². The Morgan fingerprint density at radius 1 is 1.50 bits per heavy atom. The van der Waals surface area contributed by atoms with Crippen LogP contribution in [0.2, 0.25) is 5.02 Å². The van der Waals surface area contributed by atoms with Crippen LogP contribution in [0.3, 0.4) is 0 Å². The fourth-order valence-electron chi connectivity index (χ4n) is 1.81. The van der Waals surface area contributed by atoms with Crippen LogP contribution < -0.4 is 0 Å². The van der Waals surface area contributed by atoms with Crippen molar-refractivity contribution in [2.24, 2.45) is 0 Å². The summed E-state index contributed by atoms with van der Waals surface area (Å²) in [6.45, 7) is 1.51. The minimum absolute atomic E-state index is 0.0628. The van der Waals surface area contributed by atoms with Crippen molar-refractivity contribution < 1.29 is 14.3 Å². The van der Waals surface area contributed by atoms with Gasteiger partial charge in [-0.3, -0.25) is 4.79 Å². The molecule has 0 radical (unpaired) electrons. The Hall–Kier alpha value is -0.770. The minimum Gasteiger partial charge on any atom is -0.481 e. The summed E-state index contributed by atoms with van der Waals surface area (Å²) in [7, 11) is 0. The van der Waals surface area contributed by atoms with Crippen molar-refractivity contribution in [3.05, 3.63) is 45.2 Å². The quantitative estimate of drug-likeness (QED) is 0.887. The first kappa shape index (κ1) is 15.3. The fraction of sp³-hybridized carbons (Fsp3) is 0.250. The largest absolute Gasteiger partial charge is 0.481 e. The molecule has 0 aliphatic heterocycles. The van der Waals surface area contributed by atoms with Crippen molar-refractivity contribution in [1.82, 2.24) is 0 Å². The second-order valence-electron chi connectivity index (χ2n) is 4.02. The standard InChI is InChI=1S/C12H10Cl3FO2/c1-12(5-9(14)15,6-10(17)18)11-7(13)3-2-4-8(11)16/h2-5H,6H2,1H3,(H,17,18). The number of allylic oxidation sites excluding steroid dienone is 1. The average molecular weight is 312 g/mol. The van der Waals surface area contributed by atoms with Gasteiger partial charge in [0.1, 0.15) is 10.3 Å². The Labute approximate surface area is 119 Å². The third-order valence-corrected chi connectivity index (χ3v) is 3.01. The smallest absolute Gasteiger partial charge is 0.304 e. The molecular formula is C12H10Cl3FO2. The summed E-state index contributed by atoms with van der Waals surface area (Å²) in [5, 5.41) is 9.05. The van der Waals surface area contributed by atoms with Crippen molar-refractivity contribution in [2.45, 2.75) is 18.8 Å². The van der Waals surface area contributed by atoms with Crippen LogP contribution in [0.5, 0.6) is 0 Å². The molecule has 0 bridgehead atoms. The van der Waals surface area contributed by atoms with E-state index in [9.17, 15) is 9.18 Å². The first-order chi connectivity index (χ1) is 8.26. The summed E-state index contributed by atoms with van der Waals surface area (Å²) in [5.74, 6) is -1.71. The Bertz CT molecular complexity index is 478. The molecule has 0 heterocycles. The second-order valence-corrected chi connectivity index (χ2v) is 5.43. The highest BCUT2D eigenvalue weighted by Crippen LogP contribution is 2.38. The van der Waals surface area contributed by atoms with Crippen molar-refractivity contribution in [2.75, 3.05) is 0 Å². The molecule has 1 unspecified atom stereocenters. The molecule has 98 valence electrons. The summed E-state index contributed by atoms with van der Waals surface area (Å²) in [6, 6.07) is 4.13. The molecule has 0 aliphatic carbocycles. The molecule has 0 saturated carbocycles. The molecule has 2 nitrogen and oxygen atoms in total. The molecule has 1 aromatic carbocycles. The summed E-state index contributed by atoms with van der Waals surface area (Å²) < 4.78 is 13.7. The lowest BCUT2D eigenvalue weighted by molar-refractivity contribution is -0.138. The Morgan fingerprint density at radius 3 is 2.56 bits per heavy atom. The number of carboxylic acids is 1. The number of halogens is 4. The summed E-state index contributed by atoms with van der Waals surface area (Å²) in [5.41, 5.74) is -1.15. The van der Waals surface area contributed by atoms with Gasteiger partial charge in [-0.1, -0.05) is 47.8 Å². The molecule has 1 N–H and O–H groups in total. The molecule has 1 aromatic rings. The van der Waals surface area contributed by atoms with E-state index < -0.39 is 17.2 Å². The summed E-state index contributed by atoms with van der Waals surface area (Å²) in [6.07, 6.45) is 0.894. The maximum absolute atomic E-state index is 13.9. The second kappa shape index (κ2) is 5.91. The molecule has 1 rings (SSSR count). The van der Waals surface area contributed by atoms with E-state index in [0.29, 0.717) is 0 Å². The van der Waals surface area contributed by atoms with Crippen molar-refractivity contribution in [1.29, 1.82) is 0 Å². The zero-order valence-electron chi connectivity index (χ0n) is 9.38. The monoisotopic (exact) mass is 310 g/mol. The molecule has 0 amide bonds. The molecule has 0 aromatic heterocycles. The van der Waals surface area contributed by atoms with Gasteiger partial charge in [0.15, 0.2) is 0 Å². The van der Waals surface area contributed by atoms with Gasteiger partial charge in [0.2, 0.25) is 0 Å². The van der Waals surface area contributed by atoms with E-state index in [1.165, 1.54) is 31.2 Å². The van der Waals surface area contributed by atoms with E-state index in [2.05, 4.69) is 0 Å². The zero-order valence-corrected chi connectivity index (χ0v) is 11.7.